The lowest BCUT2D eigenvalue weighted by Crippen LogP contribution is -2.50. The van der Waals surface area contributed by atoms with Crippen LogP contribution in [0.2, 0.25) is 0 Å². The second kappa shape index (κ2) is 8.73. The van der Waals surface area contributed by atoms with Gasteiger partial charge >= 0.3 is 0 Å². The van der Waals surface area contributed by atoms with E-state index in [0.717, 1.165) is 0 Å². The summed E-state index contributed by atoms with van der Waals surface area (Å²) < 4.78 is 30.5. The molecule has 134 valence electrons. The Morgan fingerprint density at radius 3 is 2.54 bits per heavy atom. The molecule has 1 rings (SSSR count). The molecule has 0 aliphatic heterocycles. The van der Waals surface area contributed by atoms with Gasteiger partial charge < -0.3 is 21.1 Å². The molecule has 2 atom stereocenters. The van der Waals surface area contributed by atoms with Crippen molar-refractivity contribution in [3.8, 4) is 0 Å². The molecule has 0 aliphatic rings. The van der Waals surface area contributed by atoms with Crippen molar-refractivity contribution in [1.82, 2.24) is 10.0 Å². The molecule has 0 spiro atoms. The van der Waals surface area contributed by atoms with E-state index in [9.17, 15) is 18.0 Å². The summed E-state index contributed by atoms with van der Waals surface area (Å²) in [6, 6.07) is 4.01. The topological polar surface area (TPSA) is 140 Å². The quantitative estimate of drug-likeness (QED) is 0.470. The van der Waals surface area contributed by atoms with Crippen molar-refractivity contribution in [3.05, 3.63) is 24.3 Å². The Labute approximate surface area is 141 Å². The average Bonchev–Trinajstić information content (AvgIpc) is 2.55. The van der Waals surface area contributed by atoms with Gasteiger partial charge in [0.25, 0.3) is 0 Å². The molecule has 5 N–H and O–H groups in total. The number of benzene rings is 1. The molecular weight excluding hydrogens is 336 g/mol. The molecule has 10 heteroatoms. The molecule has 0 saturated carbocycles. The zero-order valence-corrected chi connectivity index (χ0v) is 14.5. The van der Waals surface area contributed by atoms with Gasteiger partial charge in [0.15, 0.2) is 0 Å². The third-order valence-electron chi connectivity index (χ3n) is 3.12. The van der Waals surface area contributed by atoms with Crippen LogP contribution >= 0.6 is 0 Å². The predicted octanol–water partition coefficient (Wildman–Crippen LogP) is -0.988. The fraction of sp³-hybridized carbons (Fsp3) is 0.429. The molecule has 0 heterocycles. The van der Waals surface area contributed by atoms with E-state index < -0.39 is 33.9 Å². The molecule has 1 aromatic carbocycles. The highest BCUT2D eigenvalue weighted by molar-refractivity contribution is 7.89. The Kier molecular flexibility index (Phi) is 7.29. The Balaban J connectivity index is 2.74. The van der Waals surface area contributed by atoms with Crippen LogP contribution in [0.4, 0.5) is 5.69 Å². The molecule has 24 heavy (non-hydrogen) atoms. The van der Waals surface area contributed by atoms with Crippen molar-refractivity contribution in [1.29, 1.82) is 0 Å². The molecule has 1 aromatic rings. The van der Waals surface area contributed by atoms with Crippen molar-refractivity contribution >= 4 is 27.5 Å². The van der Waals surface area contributed by atoms with Gasteiger partial charge in [-0.25, -0.2) is 13.1 Å². The fourth-order valence-corrected chi connectivity index (χ4v) is 2.53. The van der Waals surface area contributed by atoms with Gasteiger partial charge in [0.05, 0.1) is 11.5 Å². The molecular formula is C14H22N4O5S. The standard InChI is InChI=1S/C14H22N4O5S/c1-9(17-14(20)12(15)8-23-3)13(19)18-10-5-4-6-11(7-10)24(21,22)16-2/h4-7,9,12,16H,8,15H2,1-3H3,(H,17,20)(H,18,19). The highest BCUT2D eigenvalue weighted by Crippen LogP contribution is 2.15. The summed E-state index contributed by atoms with van der Waals surface area (Å²) in [4.78, 5) is 23.9. The molecule has 9 nitrogen and oxygen atoms in total. The van der Waals surface area contributed by atoms with E-state index in [0.29, 0.717) is 5.69 Å². The first-order chi connectivity index (χ1) is 11.2. The zero-order chi connectivity index (χ0) is 18.3. The van der Waals surface area contributed by atoms with Gasteiger partial charge in [0, 0.05) is 12.8 Å². The highest BCUT2D eigenvalue weighted by Gasteiger charge is 2.20. The minimum Gasteiger partial charge on any atom is -0.383 e. The zero-order valence-electron chi connectivity index (χ0n) is 13.7. The summed E-state index contributed by atoms with van der Waals surface area (Å²) in [7, 11) is -0.909. The third kappa shape index (κ3) is 5.57. The number of amides is 2. The summed E-state index contributed by atoms with van der Waals surface area (Å²) in [6.07, 6.45) is 0. The lowest BCUT2D eigenvalue weighted by atomic mass is 10.2. The number of methoxy groups -OCH3 is 1. The highest BCUT2D eigenvalue weighted by atomic mass is 32.2. The SMILES string of the molecule is CNS(=O)(=O)c1cccc(NC(=O)C(C)NC(=O)C(N)COC)c1. The number of carbonyl (C=O) groups is 2. The first kappa shape index (κ1) is 20.0. The molecule has 0 aromatic heterocycles. The number of anilines is 1. The molecule has 2 amide bonds. The second-order valence-corrected chi connectivity index (χ2v) is 6.90. The molecule has 0 aliphatic carbocycles. The summed E-state index contributed by atoms with van der Waals surface area (Å²) in [5.74, 6) is -1.03. The van der Waals surface area contributed by atoms with Crippen molar-refractivity contribution in [2.75, 3.05) is 26.1 Å². The van der Waals surface area contributed by atoms with Crippen molar-refractivity contribution < 1.29 is 22.7 Å². The fourth-order valence-electron chi connectivity index (χ4n) is 1.75. The molecule has 2 unspecified atom stereocenters. The Morgan fingerprint density at radius 2 is 1.96 bits per heavy atom. The monoisotopic (exact) mass is 358 g/mol. The summed E-state index contributed by atoms with van der Waals surface area (Å²) in [5.41, 5.74) is 5.86. The van der Waals surface area contributed by atoms with E-state index in [1.54, 1.807) is 0 Å². The minimum absolute atomic E-state index is 0.0154. The molecule has 0 fully saturated rings. The maximum atomic E-state index is 12.1. The van der Waals surface area contributed by atoms with Crippen LogP contribution in [0.3, 0.4) is 0 Å². The van der Waals surface area contributed by atoms with E-state index in [1.165, 1.54) is 45.3 Å². The number of nitrogens with one attached hydrogen (secondary N) is 3. The Morgan fingerprint density at radius 1 is 1.29 bits per heavy atom. The predicted molar refractivity (Wildman–Crippen MR) is 88.8 cm³/mol. The van der Waals surface area contributed by atoms with Gasteiger partial charge in [-0.2, -0.15) is 0 Å². The van der Waals surface area contributed by atoms with Gasteiger partial charge in [-0.15, -0.1) is 0 Å². The van der Waals surface area contributed by atoms with Gasteiger partial charge in [-0.05, 0) is 32.2 Å². The number of carbonyl (C=O) groups excluding carboxylic acids is 2. The van der Waals surface area contributed by atoms with Crippen LogP contribution < -0.4 is 21.1 Å². The van der Waals surface area contributed by atoms with E-state index in [4.69, 9.17) is 10.5 Å². The van der Waals surface area contributed by atoms with Crippen molar-refractivity contribution in [2.45, 2.75) is 23.9 Å². The maximum absolute atomic E-state index is 12.1. The molecule has 0 saturated heterocycles. The van der Waals surface area contributed by atoms with E-state index in [-0.39, 0.29) is 11.5 Å². The van der Waals surface area contributed by atoms with Crippen LogP contribution in [0.25, 0.3) is 0 Å². The Hall–Kier alpha value is -2.01. The lowest BCUT2D eigenvalue weighted by molar-refractivity contribution is -0.127. The first-order valence-corrected chi connectivity index (χ1v) is 8.59. The van der Waals surface area contributed by atoms with Crippen LogP contribution in [-0.4, -0.2) is 53.1 Å². The number of ether oxygens (including phenoxy) is 1. The van der Waals surface area contributed by atoms with Crippen molar-refractivity contribution in [2.24, 2.45) is 5.73 Å². The maximum Gasteiger partial charge on any atom is 0.246 e. The van der Waals surface area contributed by atoms with E-state index in [2.05, 4.69) is 15.4 Å². The number of sulfonamides is 1. The van der Waals surface area contributed by atoms with Crippen LogP contribution in [0.5, 0.6) is 0 Å². The van der Waals surface area contributed by atoms with E-state index in [1.807, 2.05) is 0 Å². The van der Waals surface area contributed by atoms with Crippen LogP contribution in [0.15, 0.2) is 29.2 Å². The lowest BCUT2D eigenvalue weighted by Gasteiger charge is -2.17. The van der Waals surface area contributed by atoms with Crippen LogP contribution in [0, 0.1) is 0 Å². The smallest absolute Gasteiger partial charge is 0.246 e. The molecule has 0 radical (unpaired) electrons. The second-order valence-electron chi connectivity index (χ2n) is 5.02. The van der Waals surface area contributed by atoms with Gasteiger partial charge in [0.1, 0.15) is 12.1 Å². The van der Waals surface area contributed by atoms with Gasteiger partial charge in [-0.1, -0.05) is 6.07 Å². The summed E-state index contributed by atoms with van der Waals surface area (Å²) in [5, 5.41) is 4.99. The molecule has 0 bridgehead atoms. The normalized spacial score (nSPS) is 13.8. The van der Waals surface area contributed by atoms with Gasteiger partial charge in [0.2, 0.25) is 21.8 Å². The number of rotatable bonds is 8. The number of hydrogen-bond acceptors (Lipinski definition) is 6. The summed E-state index contributed by atoms with van der Waals surface area (Å²) >= 11 is 0. The number of hydrogen-bond donors (Lipinski definition) is 4. The van der Waals surface area contributed by atoms with E-state index >= 15 is 0 Å². The number of nitrogens with two attached hydrogens (primary N) is 1. The minimum atomic E-state index is -3.61. The summed E-state index contributed by atoms with van der Waals surface area (Å²) in [6.45, 7) is 1.52. The van der Waals surface area contributed by atoms with Crippen LogP contribution in [-0.2, 0) is 24.3 Å². The Bertz CT molecular complexity index is 692. The van der Waals surface area contributed by atoms with Crippen LogP contribution in [0.1, 0.15) is 6.92 Å². The third-order valence-corrected chi connectivity index (χ3v) is 4.53. The average molecular weight is 358 g/mol. The first-order valence-electron chi connectivity index (χ1n) is 7.10. The van der Waals surface area contributed by atoms with Gasteiger partial charge in [-0.3, -0.25) is 9.59 Å². The van der Waals surface area contributed by atoms with Crippen molar-refractivity contribution in [3.63, 3.8) is 0 Å². The largest absolute Gasteiger partial charge is 0.383 e.